The predicted molar refractivity (Wildman–Crippen MR) is 69.2 cm³/mol. The van der Waals surface area contributed by atoms with E-state index in [4.69, 9.17) is 4.74 Å². The fraction of sp³-hybridized carbons (Fsp3) is 0.308. The van der Waals surface area contributed by atoms with Crippen molar-refractivity contribution in [1.82, 2.24) is 0 Å². The topological polar surface area (TPSA) is 46.5 Å². The van der Waals surface area contributed by atoms with Gasteiger partial charge in [-0.25, -0.2) is 4.39 Å². The number of hydrogen-bond acceptors (Lipinski definition) is 4. The highest BCUT2D eigenvalue weighted by Gasteiger charge is 2.17. The summed E-state index contributed by atoms with van der Waals surface area (Å²) in [6.07, 6.45) is 1.20. The van der Waals surface area contributed by atoms with Gasteiger partial charge in [0.25, 0.3) is 0 Å². The van der Waals surface area contributed by atoms with Gasteiger partial charge >= 0.3 is 0 Å². The summed E-state index contributed by atoms with van der Waals surface area (Å²) < 4.78 is 19.4. The van der Waals surface area contributed by atoms with E-state index in [1.165, 1.54) is 24.5 Å². The van der Waals surface area contributed by atoms with Crippen LogP contribution in [0.25, 0.3) is 10.1 Å². The molecule has 0 aliphatic heterocycles. The highest BCUT2D eigenvalue weighted by atomic mass is 32.1. The van der Waals surface area contributed by atoms with Gasteiger partial charge in [-0.2, -0.15) is 0 Å². The number of phenols is 1. The van der Waals surface area contributed by atoms with Gasteiger partial charge in [0.1, 0.15) is 0 Å². The molecule has 1 heterocycles. The first-order valence-electron chi connectivity index (χ1n) is 5.60. The number of carbonyl (C=O) groups excluding carboxylic acids is 1. The Balaban J connectivity index is 2.58. The SMILES string of the molecule is CCCC(=O)c1cc2c(F)c(O)c(OC)cc2s1. The Morgan fingerprint density at radius 3 is 2.83 bits per heavy atom. The molecule has 2 aromatic rings. The Morgan fingerprint density at radius 2 is 2.22 bits per heavy atom. The molecule has 0 aliphatic rings. The summed E-state index contributed by atoms with van der Waals surface area (Å²) in [6, 6.07) is 3.04. The highest BCUT2D eigenvalue weighted by molar-refractivity contribution is 7.20. The number of phenolic OH excluding ortho intramolecular Hbond substituents is 1. The maximum Gasteiger partial charge on any atom is 0.195 e. The molecule has 0 spiro atoms. The summed E-state index contributed by atoms with van der Waals surface area (Å²) in [5, 5.41) is 9.83. The second-order valence-corrected chi connectivity index (χ2v) is 5.02. The lowest BCUT2D eigenvalue weighted by Crippen LogP contribution is -1.93. The number of halogens is 1. The average molecular weight is 268 g/mol. The zero-order valence-corrected chi connectivity index (χ0v) is 10.9. The van der Waals surface area contributed by atoms with Crippen molar-refractivity contribution in [2.45, 2.75) is 19.8 Å². The zero-order chi connectivity index (χ0) is 13.3. The molecular weight excluding hydrogens is 255 g/mol. The normalized spacial score (nSPS) is 10.8. The van der Waals surface area contributed by atoms with Gasteiger partial charge in [0.2, 0.25) is 0 Å². The lowest BCUT2D eigenvalue weighted by atomic mass is 10.1. The molecule has 18 heavy (non-hydrogen) atoms. The molecule has 0 bridgehead atoms. The molecule has 1 aromatic heterocycles. The van der Waals surface area contributed by atoms with E-state index in [1.807, 2.05) is 6.92 Å². The van der Waals surface area contributed by atoms with Crippen molar-refractivity contribution >= 4 is 27.2 Å². The first-order chi connectivity index (χ1) is 8.58. The van der Waals surface area contributed by atoms with Gasteiger partial charge in [0.05, 0.1) is 12.0 Å². The van der Waals surface area contributed by atoms with Gasteiger partial charge in [-0.15, -0.1) is 11.3 Å². The predicted octanol–water partition coefficient (Wildman–Crippen LogP) is 3.74. The van der Waals surface area contributed by atoms with E-state index >= 15 is 0 Å². The molecule has 3 nitrogen and oxygen atoms in total. The number of ketones is 1. The van der Waals surface area contributed by atoms with E-state index in [9.17, 15) is 14.3 Å². The molecule has 0 radical (unpaired) electrons. The first-order valence-corrected chi connectivity index (χ1v) is 6.42. The third-order valence-corrected chi connectivity index (χ3v) is 3.80. The second kappa shape index (κ2) is 4.94. The molecule has 1 N–H and O–H groups in total. The van der Waals surface area contributed by atoms with Crippen LogP contribution in [0.5, 0.6) is 11.5 Å². The molecule has 0 unspecified atom stereocenters. The van der Waals surface area contributed by atoms with Crippen LogP contribution in [-0.2, 0) is 0 Å². The zero-order valence-electron chi connectivity index (χ0n) is 10.1. The van der Waals surface area contributed by atoms with E-state index in [0.29, 0.717) is 16.0 Å². The van der Waals surface area contributed by atoms with Crippen molar-refractivity contribution < 1.29 is 19.0 Å². The molecule has 96 valence electrons. The number of aromatic hydroxyl groups is 1. The quantitative estimate of drug-likeness (QED) is 0.859. The Labute approximate surface area is 108 Å². The Morgan fingerprint density at radius 1 is 1.50 bits per heavy atom. The Kier molecular flexibility index (Phi) is 3.52. The van der Waals surface area contributed by atoms with Crippen LogP contribution < -0.4 is 4.74 Å². The molecule has 5 heteroatoms. The monoisotopic (exact) mass is 268 g/mol. The standard InChI is InChI=1S/C13H13FO3S/c1-3-4-8(15)11-5-7-10(18-11)6-9(17-2)13(16)12(7)14/h5-6,16H,3-4H2,1-2H3. The van der Waals surface area contributed by atoms with E-state index in [1.54, 1.807) is 6.07 Å². The summed E-state index contributed by atoms with van der Waals surface area (Å²) >= 11 is 1.22. The summed E-state index contributed by atoms with van der Waals surface area (Å²) in [5.74, 6) is -1.18. The van der Waals surface area contributed by atoms with Crippen LogP contribution in [0.4, 0.5) is 4.39 Å². The maximum absolute atomic E-state index is 13.9. The lowest BCUT2D eigenvalue weighted by molar-refractivity contribution is 0.0985. The minimum Gasteiger partial charge on any atom is -0.502 e. The molecule has 0 fully saturated rings. The number of hydrogen-bond donors (Lipinski definition) is 1. The molecule has 0 amide bonds. The number of ether oxygens (including phenoxy) is 1. The van der Waals surface area contributed by atoms with Crippen molar-refractivity contribution in [3.63, 3.8) is 0 Å². The average Bonchev–Trinajstić information content (AvgIpc) is 2.78. The fourth-order valence-electron chi connectivity index (χ4n) is 1.75. The van der Waals surface area contributed by atoms with Gasteiger partial charge in [-0.3, -0.25) is 4.79 Å². The molecule has 1 aromatic carbocycles. The molecule has 0 saturated heterocycles. The summed E-state index contributed by atoms with van der Waals surface area (Å²) in [6.45, 7) is 1.92. The second-order valence-electron chi connectivity index (χ2n) is 3.94. The van der Waals surface area contributed by atoms with Crippen molar-refractivity contribution in [3.8, 4) is 11.5 Å². The Hall–Kier alpha value is -1.62. The lowest BCUT2D eigenvalue weighted by Gasteiger charge is -2.04. The van der Waals surface area contributed by atoms with Gasteiger partial charge < -0.3 is 9.84 Å². The van der Waals surface area contributed by atoms with E-state index in [0.717, 1.165) is 6.42 Å². The number of benzene rings is 1. The third-order valence-electron chi connectivity index (χ3n) is 2.67. The highest BCUT2D eigenvalue weighted by Crippen LogP contribution is 2.39. The van der Waals surface area contributed by atoms with Crippen LogP contribution >= 0.6 is 11.3 Å². The van der Waals surface area contributed by atoms with Crippen molar-refractivity contribution in [2.24, 2.45) is 0 Å². The van der Waals surface area contributed by atoms with Gasteiger partial charge in [-0.1, -0.05) is 6.92 Å². The molecule has 0 atom stereocenters. The fourth-order valence-corrected chi connectivity index (χ4v) is 2.80. The van der Waals surface area contributed by atoms with Crippen molar-refractivity contribution in [1.29, 1.82) is 0 Å². The number of thiophene rings is 1. The largest absolute Gasteiger partial charge is 0.502 e. The smallest absolute Gasteiger partial charge is 0.195 e. The molecule has 2 rings (SSSR count). The van der Waals surface area contributed by atoms with E-state index < -0.39 is 11.6 Å². The van der Waals surface area contributed by atoms with Crippen LogP contribution in [0.2, 0.25) is 0 Å². The van der Waals surface area contributed by atoms with E-state index in [-0.39, 0.29) is 16.9 Å². The van der Waals surface area contributed by atoms with Crippen LogP contribution in [-0.4, -0.2) is 18.0 Å². The van der Waals surface area contributed by atoms with Gasteiger partial charge in [0.15, 0.2) is 23.1 Å². The molecule has 0 aliphatic carbocycles. The van der Waals surface area contributed by atoms with E-state index in [2.05, 4.69) is 0 Å². The number of carbonyl (C=O) groups is 1. The summed E-state index contributed by atoms with van der Waals surface area (Å²) in [7, 11) is 1.36. The molecular formula is C13H13FO3S. The van der Waals surface area contributed by atoms with Crippen LogP contribution in [0.3, 0.4) is 0 Å². The minimum atomic E-state index is -0.740. The summed E-state index contributed by atoms with van der Waals surface area (Å²) in [4.78, 5) is 12.3. The summed E-state index contributed by atoms with van der Waals surface area (Å²) in [5.41, 5.74) is 0. The molecule has 0 saturated carbocycles. The number of fused-ring (bicyclic) bond motifs is 1. The first kappa shape index (κ1) is 12.8. The number of rotatable bonds is 4. The van der Waals surface area contributed by atoms with Gasteiger partial charge in [-0.05, 0) is 12.5 Å². The van der Waals surface area contributed by atoms with Crippen LogP contribution in [0.15, 0.2) is 12.1 Å². The third kappa shape index (κ3) is 2.06. The minimum absolute atomic E-state index is 0.00319. The van der Waals surface area contributed by atoms with Crippen LogP contribution in [0, 0.1) is 5.82 Å². The number of methoxy groups -OCH3 is 1. The van der Waals surface area contributed by atoms with Gasteiger partial charge in [0, 0.05) is 22.6 Å². The Bertz CT molecular complexity index is 604. The van der Waals surface area contributed by atoms with Crippen molar-refractivity contribution in [3.05, 3.63) is 22.8 Å². The number of Topliss-reactive ketones (excluding diaryl/α,β-unsaturated/α-hetero) is 1. The van der Waals surface area contributed by atoms with Crippen LogP contribution in [0.1, 0.15) is 29.4 Å². The van der Waals surface area contributed by atoms with Crippen molar-refractivity contribution in [2.75, 3.05) is 7.11 Å². The maximum atomic E-state index is 13.9.